The first kappa shape index (κ1) is 33.4. The maximum absolute atomic E-state index is 12.9. The van der Waals surface area contributed by atoms with E-state index in [1.807, 2.05) is 13.8 Å². The molecule has 0 aliphatic heterocycles. The minimum Gasteiger partial charge on any atom is -0.398 e. The topological polar surface area (TPSA) is 215 Å². The number of rotatable bonds is 14. The Kier molecular flexibility index (Phi) is 12.6. The van der Waals surface area contributed by atoms with E-state index in [1.165, 1.54) is 25.1 Å². The lowest BCUT2D eigenvalue weighted by molar-refractivity contribution is -0.384. The lowest BCUT2D eigenvalue weighted by atomic mass is 10.0. The first-order valence-electron chi connectivity index (χ1n) is 13.3. The third kappa shape index (κ3) is 10.6. The van der Waals surface area contributed by atoms with E-state index in [4.69, 9.17) is 5.73 Å². The summed E-state index contributed by atoms with van der Waals surface area (Å²) in [5.41, 5.74) is 6.90. The number of imide groups is 1. The molecule has 2 aromatic carbocycles. The molecule has 5 amide bonds. The van der Waals surface area contributed by atoms with Gasteiger partial charge in [-0.25, -0.2) is 0 Å². The number of carbonyl (C=O) groups is 5. The van der Waals surface area contributed by atoms with Crippen molar-refractivity contribution in [2.45, 2.75) is 58.8 Å². The summed E-state index contributed by atoms with van der Waals surface area (Å²) in [6.07, 6.45) is 0.231. The summed E-state index contributed by atoms with van der Waals surface area (Å²) in [4.78, 5) is 73.1. The minimum atomic E-state index is -1.04. The van der Waals surface area contributed by atoms with Crippen molar-refractivity contribution >= 4 is 40.9 Å². The van der Waals surface area contributed by atoms with Gasteiger partial charge in [0.25, 0.3) is 11.6 Å². The zero-order chi connectivity index (χ0) is 31.4. The van der Waals surface area contributed by atoms with Crippen LogP contribution in [0.2, 0.25) is 0 Å². The van der Waals surface area contributed by atoms with E-state index in [9.17, 15) is 34.1 Å². The number of benzene rings is 2. The van der Waals surface area contributed by atoms with Crippen molar-refractivity contribution in [3.8, 4) is 0 Å². The number of anilines is 1. The predicted octanol–water partition coefficient (Wildman–Crippen LogP) is 0.764. The molecule has 0 heterocycles. The highest BCUT2D eigenvalue weighted by molar-refractivity contribution is 6.02. The van der Waals surface area contributed by atoms with E-state index in [0.717, 1.165) is 0 Å². The van der Waals surface area contributed by atoms with Crippen LogP contribution in [0.3, 0.4) is 0 Å². The average Bonchev–Trinajstić information content (AvgIpc) is 2.94. The van der Waals surface area contributed by atoms with Gasteiger partial charge in [-0.3, -0.25) is 39.4 Å². The number of nitrogens with two attached hydrogens (primary N) is 1. The Hall–Kier alpha value is -4.85. The summed E-state index contributed by atoms with van der Waals surface area (Å²) in [6, 6.07) is 9.39. The molecule has 7 N–H and O–H groups in total. The molecule has 2 rings (SSSR count). The van der Waals surface area contributed by atoms with Crippen LogP contribution in [0.1, 0.15) is 50.0 Å². The van der Waals surface area contributed by atoms with E-state index in [-0.39, 0.29) is 35.8 Å². The van der Waals surface area contributed by atoms with Gasteiger partial charge in [-0.05, 0) is 43.9 Å². The molecule has 0 saturated carbocycles. The molecular formula is C28H37N7O7. The van der Waals surface area contributed by atoms with E-state index in [2.05, 4.69) is 26.6 Å². The molecule has 2 aromatic rings. The molecule has 0 aliphatic rings. The van der Waals surface area contributed by atoms with Crippen LogP contribution in [0.25, 0.3) is 0 Å². The fourth-order valence-corrected chi connectivity index (χ4v) is 3.73. The number of nitro groups is 1. The van der Waals surface area contributed by atoms with E-state index in [0.29, 0.717) is 5.56 Å². The molecule has 14 heteroatoms. The lowest BCUT2D eigenvalue weighted by Gasteiger charge is -2.21. The number of non-ortho nitro benzene ring substituents is 1. The van der Waals surface area contributed by atoms with Crippen LogP contribution in [0.5, 0.6) is 0 Å². The zero-order valence-corrected chi connectivity index (χ0v) is 23.9. The van der Waals surface area contributed by atoms with Gasteiger partial charge >= 0.3 is 0 Å². The molecule has 3 atom stereocenters. The molecule has 0 radical (unpaired) electrons. The van der Waals surface area contributed by atoms with Gasteiger partial charge in [0.15, 0.2) is 0 Å². The molecule has 3 unspecified atom stereocenters. The summed E-state index contributed by atoms with van der Waals surface area (Å²) in [5, 5.41) is 23.5. The van der Waals surface area contributed by atoms with Gasteiger partial charge in [-0.15, -0.1) is 0 Å². The third-order valence-corrected chi connectivity index (χ3v) is 6.13. The minimum absolute atomic E-state index is 0.0101. The Morgan fingerprint density at radius 2 is 1.50 bits per heavy atom. The van der Waals surface area contributed by atoms with E-state index < -0.39 is 59.1 Å². The summed E-state index contributed by atoms with van der Waals surface area (Å²) in [5.74, 6) is -3.17. The quantitative estimate of drug-likeness (QED) is 0.105. The number of nitro benzene ring substituents is 1. The maximum atomic E-state index is 12.9. The highest BCUT2D eigenvalue weighted by atomic mass is 16.6. The summed E-state index contributed by atoms with van der Waals surface area (Å²) in [6.45, 7) is 6.44. The summed E-state index contributed by atoms with van der Waals surface area (Å²) >= 11 is 0. The Bertz CT molecular complexity index is 1300. The van der Waals surface area contributed by atoms with Crippen LogP contribution < -0.4 is 32.3 Å². The van der Waals surface area contributed by atoms with Crippen molar-refractivity contribution in [2.24, 2.45) is 5.92 Å². The normalized spacial score (nSPS) is 12.9. The second kappa shape index (κ2) is 15.8. The number of nitrogens with zero attached hydrogens (tertiary/aromatic N) is 1. The van der Waals surface area contributed by atoms with Crippen molar-refractivity contribution in [2.75, 3.05) is 12.3 Å². The second-order valence-electron chi connectivity index (χ2n) is 10.1. The monoisotopic (exact) mass is 583 g/mol. The molecule has 0 fully saturated rings. The van der Waals surface area contributed by atoms with Crippen LogP contribution in [-0.2, 0) is 25.7 Å². The van der Waals surface area contributed by atoms with Gasteiger partial charge in [0.2, 0.25) is 23.6 Å². The Balaban J connectivity index is 1.86. The first-order chi connectivity index (χ1) is 19.8. The average molecular weight is 584 g/mol. The smallest absolute Gasteiger partial charge is 0.269 e. The van der Waals surface area contributed by atoms with Gasteiger partial charge in [-0.1, -0.05) is 38.1 Å². The molecule has 0 bridgehead atoms. The van der Waals surface area contributed by atoms with E-state index in [1.54, 1.807) is 37.3 Å². The Morgan fingerprint density at radius 3 is 2.10 bits per heavy atom. The van der Waals surface area contributed by atoms with Crippen molar-refractivity contribution < 1.29 is 28.9 Å². The van der Waals surface area contributed by atoms with E-state index >= 15 is 0 Å². The molecule has 0 aliphatic carbocycles. The number of amides is 5. The van der Waals surface area contributed by atoms with Crippen molar-refractivity contribution in [1.82, 2.24) is 26.6 Å². The number of nitrogen functional groups attached to an aromatic ring is 1. The molecule has 0 aromatic heterocycles. The lowest BCUT2D eigenvalue weighted by Crippen LogP contribution is -2.54. The van der Waals surface area contributed by atoms with Gasteiger partial charge in [0.1, 0.15) is 12.1 Å². The number of nitrogens with one attached hydrogen (secondary N) is 5. The number of hydrogen-bond acceptors (Lipinski definition) is 9. The fourth-order valence-electron chi connectivity index (χ4n) is 3.73. The van der Waals surface area contributed by atoms with Gasteiger partial charge in [0, 0.05) is 24.4 Å². The number of carbonyl (C=O) groups excluding carboxylic acids is 5. The fraction of sp³-hybridized carbons (Fsp3) is 0.393. The highest BCUT2D eigenvalue weighted by Crippen LogP contribution is 2.12. The Morgan fingerprint density at radius 1 is 0.857 bits per heavy atom. The van der Waals surface area contributed by atoms with Crippen LogP contribution in [-0.4, -0.2) is 59.1 Å². The standard InChI is InChI=1S/C28H37N7O7/c1-16(2)13-23(28(40)34-26(38)17(3)30-14-19-9-11-20(12-10-19)35(41)42)33-24(36)15-31-25(37)18(4)32-27(39)21-7-5-6-8-22(21)29/h5-12,16-18,23,30H,13-15,29H2,1-4H3,(H,31,37)(H,32,39)(H,33,36)(H,34,38,40). The highest BCUT2D eigenvalue weighted by Gasteiger charge is 2.26. The molecule has 0 saturated heterocycles. The first-order valence-corrected chi connectivity index (χ1v) is 13.3. The van der Waals surface area contributed by atoms with Crippen LogP contribution in [0, 0.1) is 16.0 Å². The second-order valence-corrected chi connectivity index (χ2v) is 10.1. The van der Waals surface area contributed by atoms with Crippen LogP contribution >= 0.6 is 0 Å². The third-order valence-electron chi connectivity index (χ3n) is 6.13. The Labute approximate surface area is 243 Å². The molecule has 14 nitrogen and oxygen atoms in total. The number of para-hydroxylation sites is 1. The van der Waals surface area contributed by atoms with Crippen LogP contribution in [0.15, 0.2) is 48.5 Å². The van der Waals surface area contributed by atoms with Crippen LogP contribution in [0.4, 0.5) is 11.4 Å². The van der Waals surface area contributed by atoms with Crippen molar-refractivity contribution in [1.29, 1.82) is 0 Å². The van der Waals surface area contributed by atoms with Gasteiger partial charge in [-0.2, -0.15) is 0 Å². The van der Waals surface area contributed by atoms with Gasteiger partial charge in [0.05, 0.1) is 23.1 Å². The number of hydrogen-bond donors (Lipinski definition) is 6. The largest absolute Gasteiger partial charge is 0.398 e. The summed E-state index contributed by atoms with van der Waals surface area (Å²) in [7, 11) is 0. The SMILES string of the molecule is CC(C)CC(NC(=O)CNC(=O)C(C)NC(=O)c1ccccc1N)C(=O)NC(=O)C(C)NCc1ccc([N+](=O)[O-])cc1. The molecule has 226 valence electrons. The molecule has 42 heavy (non-hydrogen) atoms. The zero-order valence-electron chi connectivity index (χ0n) is 23.9. The summed E-state index contributed by atoms with van der Waals surface area (Å²) < 4.78 is 0. The van der Waals surface area contributed by atoms with Crippen molar-refractivity contribution in [3.63, 3.8) is 0 Å². The maximum Gasteiger partial charge on any atom is 0.269 e. The molecular weight excluding hydrogens is 546 g/mol. The molecule has 0 spiro atoms. The van der Waals surface area contributed by atoms with Crippen molar-refractivity contribution in [3.05, 3.63) is 69.8 Å². The predicted molar refractivity (Wildman–Crippen MR) is 155 cm³/mol. The van der Waals surface area contributed by atoms with Gasteiger partial charge < -0.3 is 27.0 Å².